The lowest BCUT2D eigenvalue weighted by Crippen LogP contribution is -2.16. The monoisotopic (exact) mass is 411 g/mol. The Labute approximate surface area is 172 Å². The summed E-state index contributed by atoms with van der Waals surface area (Å²) in [5.74, 6) is -0.683. The first-order valence-corrected chi connectivity index (χ1v) is 10.0. The van der Waals surface area contributed by atoms with Crippen LogP contribution in [0.25, 0.3) is 0 Å². The number of aliphatic imine (C=N–C) groups is 1. The lowest BCUT2D eigenvalue weighted by atomic mass is 10.2. The topological polar surface area (TPSA) is 30.8 Å². The molecule has 0 amide bonds. The number of rotatable bonds is 6. The van der Waals surface area contributed by atoms with Gasteiger partial charge in [0.05, 0.1) is 0 Å². The zero-order valence-corrected chi connectivity index (χ0v) is 16.6. The summed E-state index contributed by atoms with van der Waals surface area (Å²) >= 11 is 1.68. The predicted octanol–water partition coefficient (Wildman–Crippen LogP) is 5.65. The van der Waals surface area contributed by atoms with Crippen LogP contribution in [-0.2, 0) is 4.74 Å². The molecule has 1 heterocycles. The predicted molar refractivity (Wildman–Crippen MR) is 110 cm³/mol. The van der Waals surface area contributed by atoms with E-state index in [4.69, 9.17) is 9.47 Å². The van der Waals surface area contributed by atoms with Gasteiger partial charge in [-0.25, -0.2) is 13.8 Å². The molecule has 29 heavy (non-hydrogen) atoms. The standard InChI is InChI=1S/C23H19F2NO2S/c1-15-5-9-18(10-6-15)29-19-11-7-17(8-12-19)27-13-16-14-28-23(26-16)22-20(24)3-2-4-21(22)25/h2-12,16H,13-14H2,1H3. The molecule has 0 aliphatic carbocycles. The van der Waals surface area contributed by atoms with Crippen molar-refractivity contribution in [3.8, 4) is 5.75 Å². The van der Waals surface area contributed by atoms with Gasteiger partial charge in [-0.2, -0.15) is 0 Å². The molecule has 0 bridgehead atoms. The Hall–Kier alpha value is -2.86. The number of aryl methyl sites for hydroxylation is 1. The number of hydrogen-bond acceptors (Lipinski definition) is 4. The van der Waals surface area contributed by atoms with Gasteiger partial charge in [0.2, 0.25) is 5.90 Å². The molecule has 0 spiro atoms. The second kappa shape index (κ2) is 8.66. The lowest BCUT2D eigenvalue weighted by molar-refractivity contribution is 0.242. The van der Waals surface area contributed by atoms with Gasteiger partial charge in [0.1, 0.15) is 42.2 Å². The fraction of sp³-hybridized carbons (Fsp3) is 0.174. The third-order valence-corrected chi connectivity index (χ3v) is 5.43. The third-order valence-electron chi connectivity index (χ3n) is 4.41. The third kappa shape index (κ3) is 4.77. The van der Waals surface area contributed by atoms with Crippen molar-refractivity contribution in [1.29, 1.82) is 0 Å². The van der Waals surface area contributed by atoms with E-state index in [1.807, 2.05) is 24.3 Å². The molecule has 3 nitrogen and oxygen atoms in total. The lowest BCUT2D eigenvalue weighted by Gasteiger charge is -2.09. The highest BCUT2D eigenvalue weighted by Gasteiger charge is 2.25. The zero-order chi connectivity index (χ0) is 20.2. The van der Waals surface area contributed by atoms with Gasteiger partial charge in [0.15, 0.2) is 0 Å². The van der Waals surface area contributed by atoms with Gasteiger partial charge in [0.25, 0.3) is 0 Å². The van der Waals surface area contributed by atoms with Crippen molar-refractivity contribution in [3.63, 3.8) is 0 Å². The van der Waals surface area contributed by atoms with E-state index in [0.717, 1.165) is 4.90 Å². The molecule has 1 unspecified atom stereocenters. The van der Waals surface area contributed by atoms with Gasteiger partial charge in [-0.1, -0.05) is 35.5 Å². The van der Waals surface area contributed by atoms with E-state index in [2.05, 4.69) is 36.2 Å². The minimum atomic E-state index is -0.688. The molecular weight excluding hydrogens is 392 g/mol. The van der Waals surface area contributed by atoms with E-state index in [9.17, 15) is 8.78 Å². The normalized spacial score (nSPS) is 15.7. The second-order valence-corrected chi connectivity index (χ2v) is 7.84. The maximum Gasteiger partial charge on any atom is 0.222 e. The fourth-order valence-corrected chi connectivity index (χ4v) is 3.69. The minimum Gasteiger partial charge on any atom is -0.491 e. The smallest absolute Gasteiger partial charge is 0.222 e. The molecule has 4 rings (SSSR count). The number of benzene rings is 3. The van der Waals surface area contributed by atoms with Gasteiger partial charge in [-0.15, -0.1) is 0 Å². The van der Waals surface area contributed by atoms with Crippen LogP contribution in [0, 0.1) is 18.6 Å². The Bertz CT molecular complexity index is 1000. The maximum absolute atomic E-state index is 13.9. The molecule has 3 aromatic rings. The van der Waals surface area contributed by atoms with Gasteiger partial charge < -0.3 is 9.47 Å². The Morgan fingerprint density at radius 2 is 1.59 bits per heavy atom. The summed E-state index contributed by atoms with van der Waals surface area (Å²) in [5, 5.41) is 0. The average Bonchev–Trinajstić information content (AvgIpc) is 3.18. The van der Waals surface area contributed by atoms with Gasteiger partial charge in [0, 0.05) is 9.79 Å². The molecule has 3 aromatic carbocycles. The Morgan fingerprint density at radius 3 is 2.24 bits per heavy atom. The summed E-state index contributed by atoms with van der Waals surface area (Å²) in [6.07, 6.45) is 0. The van der Waals surface area contributed by atoms with E-state index < -0.39 is 11.6 Å². The van der Waals surface area contributed by atoms with E-state index in [1.54, 1.807) is 11.8 Å². The molecular formula is C23H19F2NO2S. The van der Waals surface area contributed by atoms with Crippen molar-refractivity contribution in [2.45, 2.75) is 22.8 Å². The largest absolute Gasteiger partial charge is 0.491 e. The molecule has 1 aliphatic heterocycles. The Balaban J connectivity index is 1.35. The van der Waals surface area contributed by atoms with E-state index in [0.29, 0.717) is 5.75 Å². The van der Waals surface area contributed by atoms with Crippen molar-refractivity contribution in [2.24, 2.45) is 4.99 Å². The molecule has 0 saturated heterocycles. The first-order chi connectivity index (χ1) is 14.1. The number of nitrogens with zero attached hydrogens (tertiary/aromatic N) is 1. The van der Waals surface area contributed by atoms with Crippen LogP contribution >= 0.6 is 11.8 Å². The maximum atomic E-state index is 13.9. The van der Waals surface area contributed by atoms with E-state index in [-0.39, 0.29) is 30.7 Å². The summed E-state index contributed by atoms with van der Waals surface area (Å²) in [7, 11) is 0. The molecule has 0 fully saturated rings. The zero-order valence-electron chi connectivity index (χ0n) is 15.8. The van der Waals surface area contributed by atoms with Crippen molar-refractivity contribution >= 4 is 17.7 Å². The SMILES string of the molecule is Cc1ccc(Sc2ccc(OCC3COC(c4c(F)cccc4F)=N3)cc2)cc1. The highest BCUT2D eigenvalue weighted by Crippen LogP contribution is 2.29. The van der Waals surface area contributed by atoms with Crippen molar-refractivity contribution in [1.82, 2.24) is 0 Å². The average molecular weight is 411 g/mol. The summed E-state index contributed by atoms with van der Waals surface area (Å²) in [6.45, 7) is 2.56. The first kappa shape index (κ1) is 19.5. The highest BCUT2D eigenvalue weighted by atomic mass is 32.2. The molecule has 1 aliphatic rings. The van der Waals surface area contributed by atoms with Crippen LogP contribution in [0.2, 0.25) is 0 Å². The quantitative estimate of drug-likeness (QED) is 0.525. The van der Waals surface area contributed by atoms with Crippen LogP contribution in [-0.4, -0.2) is 25.2 Å². The summed E-state index contributed by atoms with van der Waals surface area (Å²) in [5.41, 5.74) is 1.00. The van der Waals surface area contributed by atoms with Gasteiger partial charge in [-0.3, -0.25) is 0 Å². The second-order valence-electron chi connectivity index (χ2n) is 6.69. The first-order valence-electron chi connectivity index (χ1n) is 9.21. The summed E-state index contributed by atoms with van der Waals surface area (Å²) in [4.78, 5) is 6.55. The van der Waals surface area contributed by atoms with E-state index in [1.165, 1.54) is 28.7 Å². The van der Waals surface area contributed by atoms with Gasteiger partial charge >= 0.3 is 0 Å². The molecule has 0 radical (unpaired) electrons. The van der Waals surface area contributed by atoms with Crippen LogP contribution in [0.15, 0.2) is 81.5 Å². The van der Waals surface area contributed by atoms with Crippen molar-refractivity contribution in [3.05, 3.63) is 89.5 Å². The Morgan fingerprint density at radius 1 is 0.966 bits per heavy atom. The number of ether oxygens (including phenoxy) is 2. The van der Waals surface area contributed by atoms with Crippen molar-refractivity contribution < 1.29 is 18.3 Å². The van der Waals surface area contributed by atoms with Crippen LogP contribution in [0.5, 0.6) is 5.75 Å². The molecule has 0 N–H and O–H groups in total. The molecule has 6 heteroatoms. The van der Waals surface area contributed by atoms with E-state index >= 15 is 0 Å². The summed E-state index contributed by atoms with van der Waals surface area (Å²) in [6, 6.07) is 19.5. The Kier molecular flexibility index (Phi) is 5.81. The van der Waals surface area contributed by atoms with Gasteiger partial charge in [-0.05, 0) is 55.5 Å². The molecule has 0 saturated carbocycles. The molecule has 148 valence electrons. The highest BCUT2D eigenvalue weighted by molar-refractivity contribution is 7.99. The molecule has 1 atom stereocenters. The minimum absolute atomic E-state index is 0.0148. The van der Waals surface area contributed by atoms with Crippen molar-refractivity contribution in [2.75, 3.05) is 13.2 Å². The van der Waals surface area contributed by atoms with Crippen LogP contribution in [0.3, 0.4) is 0 Å². The van der Waals surface area contributed by atoms with Crippen LogP contribution in [0.1, 0.15) is 11.1 Å². The number of hydrogen-bond donors (Lipinski definition) is 0. The molecule has 0 aromatic heterocycles. The fourth-order valence-electron chi connectivity index (χ4n) is 2.88. The van der Waals surface area contributed by atoms with Crippen LogP contribution in [0.4, 0.5) is 8.78 Å². The van der Waals surface area contributed by atoms with Crippen LogP contribution < -0.4 is 4.74 Å². The number of halogens is 2. The summed E-state index contributed by atoms with van der Waals surface area (Å²) < 4.78 is 38.9.